The van der Waals surface area contributed by atoms with Crippen LogP contribution in [0.25, 0.3) is 0 Å². The zero-order chi connectivity index (χ0) is 16.5. The number of benzene rings is 1. The summed E-state index contributed by atoms with van der Waals surface area (Å²) in [6.45, 7) is 4.48. The van der Waals surface area contributed by atoms with E-state index in [4.69, 9.17) is 4.74 Å². The number of halogens is 2. The summed E-state index contributed by atoms with van der Waals surface area (Å²) in [5.41, 5.74) is 0. The highest BCUT2D eigenvalue weighted by Gasteiger charge is 2.01. The smallest absolute Gasteiger partial charge is 0.191 e. The zero-order valence-electron chi connectivity index (χ0n) is 13.7. The van der Waals surface area contributed by atoms with Crippen molar-refractivity contribution >= 4 is 45.9 Å². The number of guanidine groups is 1. The van der Waals surface area contributed by atoms with Crippen LogP contribution >= 0.6 is 39.9 Å². The van der Waals surface area contributed by atoms with Crippen LogP contribution < -0.4 is 15.4 Å². The van der Waals surface area contributed by atoms with Gasteiger partial charge in [0.05, 0.1) is 6.54 Å². The van der Waals surface area contributed by atoms with E-state index in [1.165, 1.54) is 6.33 Å². The summed E-state index contributed by atoms with van der Waals surface area (Å²) in [5, 5.41) is 10.5. The first kappa shape index (κ1) is 20.7. The lowest BCUT2D eigenvalue weighted by Crippen LogP contribution is -2.39. The number of aryl methyl sites for hydroxylation is 1. The van der Waals surface area contributed by atoms with Crippen molar-refractivity contribution in [1.82, 2.24) is 25.4 Å². The molecule has 2 aromatic rings. The average molecular weight is 509 g/mol. The molecule has 0 unspecified atom stereocenters. The van der Waals surface area contributed by atoms with Crippen molar-refractivity contribution in [3.63, 3.8) is 0 Å². The fourth-order valence-electron chi connectivity index (χ4n) is 1.85. The molecule has 0 fully saturated rings. The fraction of sp³-hybridized carbons (Fsp3) is 0.400. The minimum Gasteiger partial charge on any atom is -0.492 e. The third kappa shape index (κ3) is 7.04. The summed E-state index contributed by atoms with van der Waals surface area (Å²) >= 11 is 3.42. The molecule has 7 nitrogen and oxygen atoms in total. The van der Waals surface area contributed by atoms with E-state index in [1.807, 2.05) is 38.2 Å². The van der Waals surface area contributed by atoms with Crippen LogP contribution in [0, 0.1) is 0 Å². The number of rotatable bonds is 7. The molecule has 9 heteroatoms. The van der Waals surface area contributed by atoms with Gasteiger partial charge in [-0.2, -0.15) is 5.10 Å². The van der Waals surface area contributed by atoms with Crippen molar-refractivity contribution in [2.24, 2.45) is 12.0 Å². The van der Waals surface area contributed by atoms with E-state index in [9.17, 15) is 0 Å². The van der Waals surface area contributed by atoms with E-state index in [1.54, 1.807) is 4.68 Å². The Balaban J connectivity index is 0.00000288. The Hall–Kier alpha value is -1.36. The van der Waals surface area contributed by atoms with Crippen LogP contribution in [0.4, 0.5) is 0 Å². The molecule has 1 aromatic heterocycles. The lowest BCUT2D eigenvalue weighted by Gasteiger charge is -2.12. The highest BCUT2D eigenvalue weighted by atomic mass is 127. The van der Waals surface area contributed by atoms with Gasteiger partial charge in [-0.05, 0) is 25.1 Å². The Kier molecular flexibility index (Phi) is 9.69. The number of nitrogens with one attached hydrogen (secondary N) is 2. The summed E-state index contributed by atoms with van der Waals surface area (Å²) in [7, 11) is 1.85. The second-order valence-corrected chi connectivity index (χ2v) is 5.64. The molecule has 0 aliphatic rings. The quantitative estimate of drug-likeness (QED) is 0.260. The number of nitrogens with zero attached hydrogens (tertiary/aromatic N) is 4. The molecule has 0 atom stereocenters. The third-order valence-corrected chi connectivity index (χ3v) is 3.48. The van der Waals surface area contributed by atoms with Gasteiger partial charge < -0.3 is 15.4 Å². The van der Waals surface area contributed by atoms with E-state index >= 15 is 0 Å². The molecule has 2 N–H and O–H groups in total. The second-order valence-electron chi connectivity index (χ2n) is 4.73. The molecule has 132 valence electrons. The molecule has 24 heavy (non-hydrogen) atoms. The van der Waals surface area contributed by atoms with E-state index in [2.05, 4.69) is 41.6 Å². The van der Waals surface area contributed by atoms with Crippen LogP contribution in [0.2, 0.25) is 0 Å². The Bertz CT molecular complexity index is 648. The summed E-state index contributed by atoms with van der Waals surface area (Å²) < 4.78 is 8.40. The Morgan fingerprint density at radius 2 is 2.21 bits per heavy atom. The van der Waals surface area contributed by atoms with E-state index in [0.717, 1.165) is 28.6 Å². The molecule has 0 radical (unpaired) electrons. The molecule has 2 rings (SSSR count). The van der Waals surface area contributed by atoms with Crippen LogP contribution in [0.1, 0.15) is 12.7 Å². The molecule has 0 spiro atoms. The minimum atomic E-state index is 0. The first-order chi connectivity index (χ1) is 11.2. The van der Waals surface area contributed by atoms with E-state index in [-0.39, 0.29) is 24.0 Å². The number of ether oxygens (including phenoxy) is 1. The highest BCUT2D eigenvalue weighted by Crippen LogP contribution is 2.17. The molecule has 0 aliphatic carbocycles. The van der Waals surface area contributed by atoms with Crippen LogP contribution in [-0.4, -0.2) is 40.4 Å². The van der Waals surface area contributed by atoms with Crippen LogP contribution in [0.3, 0.4) is 0 Å². The lowest BCUT2D eigenvalue weighted by molar-refractivity contribution is 0.321. The summed E-state index contributed by atoms with van der Waals surface area (Å²) in [4.78, 5) is 8.64. The molecule has 0 saturated carbocycles. The van der Waals surface area contributed by atoms with Gasteiger partial charge >= 0.3 is 0 Å². The molecule has 1 heterocycles. The second kappa shape index (κ2) is 11.2. The predicted molar refractivity (Wildman–Crippen MR) is 109 cm³/mol. The average Bonchev–Trinajstić information content (AvgIpc) is 2.94. The van der Waals surface area contributed by atoms with Gasteiger partial charge in [0.15, 0.2) is 5.96 Å². The van der Waals surface area contributed by atoms with Crippen molar-refractivity contribution in [3.05, 3.63) is 40.9 Å². The van der Waals surface area contributed by atoms with Gasteiger partial charge in [0.1, 0.15) is 31.1 Å². The van der Waals surface area contributed by atoms with Crippen molar-refractivity contribution in [2.75, 3.05) is 19.7 Å². The first-order valence-corrected chi connectivity index (χ1v) is 8.21. The predicted octanol–water partition coefficient (Wildman–Crippen LogP) is 2.33. The van der Waals surface area contributed by atoms with Crippen molar-refractivity contribution in [1.29, 1.82) is 0 Å². The van der Waals surface area contributed by atoms with Gasteiger partial charge in [-0.15, -0.1) is 24.0 Å². The van der Waals surface area contributed by atoms with Gasteiger partial charge in [0, 0.05) is 18.1 Å². The maximum absolute atomic E-state index is 5.68. The van der Waals surface area contributed by atoms with Gasteiger partial charge in [-0.3, -0.25) is 4.68 Å². The topological polar surface area (TPSA) is 76.4 Å². The summed E-state index contributed by atoms with van der Waals surface area (Å²) in [6.07, 6.45) is 1.52. The Labute approximate surface area is 167 Å². The van der Waals surface area contributed by atoms with Gasteiger partial charge in [0.25, 0.3) is 0 Å². The van der Waals surface area contributed by atoms with Crippen molar-refractivity contribution in [3.8, 4) is 5.75 Å². The zero-order valence-corrected chi connectivity index (χ0v) is 17.6. The summed E-state index contributed by atoms with van der Waals surface area (Å²) in [5.74, 6) is 2.38. The largest absolute Gasteiger partial charge is 0.492 e. The molecule has 0 bridgehead atoms. The molecule has 0 saturated heterocycles. The fourth-order valence-corrected chi connectivity index (χ4v) is 2.23. The monoisotopic (exact) mass is 508 g/mol. The lowest BCUT2D eigenvalue weighted by atomic mass is 10.3. The minimum absolute atomic E-state index is 0. The molecule has 0 aliphatic heterocycles. The van der Waals surface area contributed by atoms with Gasteiger partial charge in [-0.1, -0.05) is 22.0 Å². The first-order valence-electron chi connectivity index (χ1n) is 7.42. The molecule has 0 amide bonds. The van der Waals surface area contributed by atoms with Crippen molar-refractivity contribution < 1.29 is 4.74 Å². The molecular formula is C15H22BrIN6O. The van der Waals surface area contributed by atoms with Crippen LogP contribution in [0.5, 0.6) is 5.75 Å². The highest BCUT2D eigenvalue weighted by molar-refractivity contribution is 14.0. The molecular weight excluding hydrogens is 487 g/mol. The van der Waals surface area contributed by atoms with E-state index in [0.29, 0.717) is 19.7 Å². The number of hydrogen-bond donors (Lipinski definition) is 2. The molecule has 1 aromatic carbocycles. The van der Waals surface area contributed by atoms with Crippen LogP contribution in [0.15, 0.2) is 40.1 Å². The maximum atomic E-state index is 5.68. The van der Waals surface area contributed by atoms with Gasteiger partial charge in [-0.25, -0.2) is 9.98 Å². The SMILES string of the molecule is CCNC(=NCc1ncnn1C)NCCOc1cccc(Br)c1.I. The number of aromatic nitrogens is 3. The number of aliphatic imine (C=N–C) groups is 1. The summed E-state index contributed by atoms with van der Waals surface area (Å²) in [6, 6.07) is 7.78. The normalized spacial score (nSPS) is 10.9. The maximum Gasteiger partial charge on any atom is 0.191 e. The van der Waals surface area contributed by atoms with Gasteiger partial charge in [0.2, 0.25) is 0 Å². The van der Waals surface area contributed by atoms with Crippen LogP contribution in [-0.2, 0) is 13.6 Å². The van der Waals surface area contributed by atoms with E-state index < -0.39 is 0 Å². The van der Waals surface area contributed by atoms with Crippen molar-refractivity contribution in [2.45, 2.75) is 13.5 Å². The third-order valence-electron chi connectivity index (χ3n) is 2.99. The Morgan fingerprint density at radius 1 is 1.38 bits per heavy atom. The number of hydrogen-bond acceptors (Lipinski definition) is 4. The Morgan fingerprint density at radius 3 is 2.88 bits per heavy atom. The standard InChI is InChI=1S/C15H21BrN6O.HI/c1-3-17-15(19-10-14-20-11-21-22(14)2)18-7-8-23-13-6-4-5-12(16)9-13;/h4-6,9,11H,3,7-8,10H2,1-2H3,(H2,17,18,19);1H.